The van der Waals surface area contributed by atoms with Gasteiger partial charge in [-0.2, -0.15) is 0 Å². The minimum Gasteiger partial charge on any atom is -0.461 e. The Labute approximate surface area is 97.3 Å². The third kappa shape index (κ3) is 1.32. The van der Waals surface area contributed by atoms with Gasteiger partial charge in [-0.1, -0.05) is 11.6 Å². The van der Waals surface area contributed by atoms with E-state index < -0.39 is 0 Å². The van der Waals surface area contributed by atoms with Crippen molar-refractivity contribution >= 4 is 22.6 Å². The molecule has 0 fully saturated rings. The molecule has 3 nitrogen and oxygen atoms in total. The number of fused-ring (bicyclic) bond motifs is 1. The summed E-state index contributed by atoms with van der Waals surface area (Å²) in [6.45, 7) is 0. The first kappa shape index (κ1) is 9.48. The van der Waals surface area contributed by atoms with Gasteiger partial charge in [0, 0.05) is 12.1 Å². The molecule has 0 bridgehead atoms. The molecule has 80 valence electrons. The molecule has 16 heavy (non-hydrogen) atoms. The largest absolute Gasteiger partial charge is 0.461 e. The zero-order chi connectivity index (χ0) is 11.1. The molecular formula is C12H9ClN2O. The minimum atomic E-state index is 0.710. The third-order valence-corrected chi connectivity index (χ3v) is 2.82. The van der Waals surface area contributed by atoms with E-state index in [2.05, 4.69) is 4.98 Å². The highest BCUT2D eigenvalue weighted by Gasteiger charge is 2.11. The van der Waals surface area contributed by atoms with Crippen molar-refractivity contribution in [2.45, 2.75) is 0 Å². The zero-order valence-corrected chi connectivity index (χ0v) is 9.40. The second kappa shape index (κ2) is 3.39. The molecule has 0 aliphatic rings. The monoisotopic (exact) mass is 232 g/mol. The van der Waals surface area contributed by atoms with E-state index in [-0.39, 0.29) is 0 Å². The third-order valence-electron chi connectivity index (χ3n) is 2.58. The molecule has 4 heteroatoms. The van der Waals surface area contributed by atoms with E-state index in [1.807, 2.05) is 41.9 Å². The van der Waals surface area contributed by atoms with Crippen LogP contribution in [0.1, 0.15) is 0 Å². The summed E-state index contributed by atoms with van der Waals surface area (Å²) in [7, 11) is 1.95. The molecule has 3 aromatic rings. The highest BCUT2D eigenvalue weighted by molar-refractivity contribution is 6.31. The quantitative estimate of drug-likeness (QED) is 0.643. The van der Waals surface area contributed by atoms with Gasteiger partial charge in [0.15, 0.2) is 11.6 Å². The van der Waals surface area contributed by atoms with Crippen LogP contribution in [0.3, 0.4) is 0 Å². The van der Waals surface area contributed by atoms with Crippen molar-refractivity contribution in [2.75, 3.05) is 0 Å². The summed E-state index contributed by atoms with van der Waals surface area (Å²) in [5.41, 5.74) is 1.91. The van der Waals surface area contributed by atoms with Gasteiger partial charge in [-0.3, -0.25) is 0 Å². The summed E-state index contributed by atoms with van der Waals surface area (Å²) in [6, 6.07) is 9.38. The average molecular weight is 233 g/mol. The predicted molar refractivity (Wildman–Crippen MR) is 63.4 cm³/mol. The highest BCUT2D eigenvalue weighted by Crippen LogP contribution is 2.25. The number of aryl methyl sites for hydroxylation is 1. The molecule has 0 N–H and O–H groups in total. The van der Waals surface area contributed by atoms with E-state index in [1.54, 1.807) is 6.26 Å². The Bertz CT molecular complexity index is 640. The second-order valence-corrected chi connectivity index (χ2v) is 4.04. The number of benzene rings is 1. The Balaban J connectivity index is 2.32. The Morgan fingerprint density at radius 3 is 2.94 bits per heavy atom. The number of rotatable bonds is 1. The van der Waals surface area contributed by atoms with Crippen LogP contribution in [0.4, 0.5) is 0 Å². The van der Waals surface area contributed by atoms with Crippen molar-refractivity contribution in [3.05, 3.63) is 41.6 Å². The topological polar surface area (TPSA) is 31.0 Å². The SMILES string of the molecule is Cn1c(-c2ccco2)nc2ccc(Cl)cc21. The van der Waals surface area contributed by atoms with Crippen molar-refractivity contribution in [3.8, 4) is 11.6 Å². The Hall–Kier alpha value is -1.74. The molecule has 0 aliphatic carbocycles. The highest BCUT2D eigenvalue weighted by atomic mass is 35.5. The molecule has 1 aromatic carbocycles. The van der Waals surface area contributed by atoms with Crippen molar-refractivity contribution in [3.63, 3.8) is 0 Å². The maximum atomic E-state index is 5.96. The first-order valence-corrected chi connectivity index (χ1v) is 5.29. The lowest BCUT2D eigenvalue weighted by atomic mass is 10.3. The van der Waals surface area contributed by atoms with Gasteiger partial charge in [0.2, 0.25) is 0 Å². The maximum absolute atomic E-state index is 5.96. The molecule has 0 atom stereocenters. The van der Waals surface area contributed by atoms with Gasteiger partial charge in [-0.05, 0) is 30.3 Å². The Morgan fingerprint density at radius 1 is 1.31 bits per heavy atom. The van der Waals surface area contributed by atoms with Crippen LogP contribution in [0, 0.1) is 0 Å². The van der Waals surface area contributed by atoms with E-state index in [1.165, 1.54) is 0 Å². The molecule has 0 spiro atoms. The maximum Gasteiger partial charge on any atom is 0.176 e. The molecule has 0 saturated carbocycles. The molecule has 2 aromatic heterocycles. The fourth-order valence-electron chi connectivity index (χ4n) is 1.79. The summed E-state index contributed by atoms with van der Waals surface area (Å²) < 4.78 is 7.32. The van der Waals surface area contributed by atoms with Gasteiger partial charge in [0.25, 0.3) is 0 Å². The van der Waals surface area contributed by atoms with Gasteiger partial charge in [-0.15, -0.1) is 0 Å². The van der Waals surface area contributed by atoms with Crippen molar-refractivity contribution in [1.29, 1.82) is 0 Å². The zero-order valence-electron chi connectivity index (χ0n) is 8.64. The summed E-state index contributed by atoms with van der Waals surface area (Å²) in [5.74, 6) is 1.57. The molecule has 3 rings (SSSR count). The number of hydrogen-bond donors (Lipinski definition) is 0. The summed E-state index contributed by atoms with van der Waals surface area (Å²) >= 11 is 5.96. The van der Waals surface area contributed by atoms with Crippen molar-refractivity contribution < 1.29 is 4.42 Å². The summed E-state index contributed by atoms with van der Waals surface area (Å²) in [5, 5.41) is 0.710. The molecule has 0 amide bonds. The molecule has 0 radical (unpaired) electrons. The lowest BCUT2D eigenvalue weighted by molar-refractivity contribution is 0.574. The van der Waals surface area contributed by atoms with Gasteiger partial charge in [0.1, 0.15) is 0 Å². The van der Waals surface area contributed by atoms with E-state index in [0.29, 0.717) is 5.02 Å². The first-order valence-electron chi connectivity index (χ1n) is 4.91. The lowest BCUT2D eigenvalue weighted by Gasteiger charge is -1.98. The summed E-state index contributed by atoms with van der Waals surface area (Å²) in [4.78, 5) is 4.51. The number of hydrogen-bond acceptors (Lipinski definition) is 2. The van der Waals surface area contributed by atoms with Gasteiger partial charge < -0.3 is 8.98 Å². The number of nitrogens with zero attached hydrogens (tertiary/aromatic N) is 2. The van der Waals surface area contributed by atoms with Crippen LogP contribution in [-0.4, -0.2) is 9.55 Å². The van der Waals surface area contributed by atoms with Crippen LogP contribution in [0.25, 0.3) is 22.6 Å². The summed E-state index contributed by atoms with van der Waals surface area (Å²) in [6.07, 6.45) is 1.64. The molecule has 0 aliphatic heterocycles. The fraction of sp³-hybridized carbons (Fsp3) is 0.0833. The predicted octanol–water partition coefficient (Wildman–Crippen LogP) is 3.49. The molecule has 0 saturated heterocycles. The number of furan rings is 1. The van der Waals surface area contributed by atoms with Crippen LogP contribution in [0.15, 0.2) is 41.0 Å². The van der Waals surface area contributed by atoms with Crippen LogP contribution >= 0.6 is 11.6 Å². The Kier molecular flexibility index (Phi) is 2.01. The first-order chi connectivity index (χ1) is 7.75. The van der Waals surface area contributed by atoms with Crippen LogP contribution < -0.4 is 0 Å². The van der Waals surface area contributed by atoms with Gasteiger partial charge in [0.05, 0.1) is 17.3 Å². The van der Waals surface area contributed by atoms with Crippen molar-refractivity contribution in [2.24, 2.45) is 7.05 Å². The molecule has 2 heterocycles. The van der Waals surface area contributed by atoms with Crippen LogP contribution in [0.2, 0.25) is 5.02 Å². The van der Waals surface area contributed by atoms with E-state index in [0.717, 1.165) is 22.6 Å². The minimum absolute atomic E-state index is 0.710. The normalized spacial score (nSPS) is 11.1. The number of imidazole rings is 1. The van der Waals surface area contributed by atoms with E-state index >= 15 is 0 Å². The van der Waals surface area contributed by atoms with Gasteiger partial charge in [-0.25, -0.2) is 4.98 Å². The Morgan fingerprint density at radius 2 is 2.19 bits per heavy atom. The van der Waals surface area contributed by atoms with Crippen LogP contribution in [-0.2, 0) is 7.05 Å². The molecule has 0 unspecified atom stereocenters. The lowest BCUT2D eigenvalue weighted by Crippen LogP contribution is -1.90. The fourth-order valence-corrected chi connectivity index (χ4v) is 1.96. The van der Waals surface area contributed by atoms with Crippen LogP contribution in [0.5, 0.6) is 0 Å². The number of halogens is 1. The van der Waals surface area contributed by atoms with Gasteiger partial charge >= 0.3 is 0 Å². The van der Waals surface area contributed by atoms with E-state index in [9.17, 15) is 0 Å². The molecular weight excluding hydrogens is 224 g/mol. The average Bonchev–Trinajstić information content (AvgIpc) is 2.87. The second-order valence-electron chi connectivity index (χ2n) is 3.60. The van der Waals surface area contributed by atoms with E-state index in [4.69, 9.17) is 16.0 Å². The van der Waals surface area contributed by atoms with Crippen molar-refractivity contribution in [1.82, 2.24) is 9.55 Å². The number of aromatic nitrogens is 2. The smallest absolute Gasteiger partial charge is 0.176 e. The standard InChI is InChI=1S/C12H9ClN2O/c1-15-10-7-8(13)4-5-9(10)14-12(15)11-3-2-6-16-11/h2-7H,1H3.